The molecule has 0 unspecified atom stereocenters. The number of para-hydroxylation sites is 4. The topological polar surface area (TPSA) is 57.0 Å². The molecule has 0 spiro atoms. The second-order valence-electron chi connectivity index (χ2n) is 13.3. The summed E-state index contributed by atoms with van der Waals surface area (Å²) in [5, 5.41) is 3.51. The first-order chi connectivity index (χ1) is 24.3. The normalized spacial score (nSPS) is 11.4. The third-order valence-electron chi connectivity index (χ3n) is 8.84. The molecule has 0 aliphatic heterocycles. The van der Waals surface area contributed by atoms with Gasteiger partial charge >= 0.3 is 0 Å². The van der Waals surface area contributed by atoms with Crippen molar-refractivity contribution in [1.82, 2.24) is 14.5 Å². The molecule has 0 amide bonds. The number of imidazole rings is 1. The zero-order valence-corrected chi connectivity index (χ0v) is 32.2. The number of hydrogen-bond acceptors (Lipinski definition) is 4. The third kappa shape index (κ3) is 6.64. The molecule has 5 aromatic carbocycles. The molecule has 7 heteroatoms. The van der Waals surface area contributed by atoms with E-state index >= 15 is 0 Å². The first kappa shape index (κ1) is 34.1. The summed E-state index contributed by atoms with van der Waals surface area (Å²) in [6, 6.07) is 51.4. The maximum absolute atomic E-state index is 6.24. The van der Waals surface area contributed by atoms with Crippen molar-refractivity contribution in [3.63, 3.8) is 0 Å². The molecule has 4 heterocycles. The summed E-state index contributed by atoms with van der Waals surface area (Å²) >= 11 is 0. The summed E-state index contributed by atoms with van der Waals surface area (Å²) < 4.78 is 14.3. The minimum atomic E-state index is -1.51. The molecule has 0 atom stereocenters. The molecular weight excluding hydrogens is 823 g/mol. The minimum absolute atomic E-state index is 0. The van der Waals surface area contributed by atoms with E-state index < -0.39 is 8.07 Å². The van der Waals surface area contributed by atoms with Crippen molar-refractivity contribution >= 4 is 46.2 Å². The summed E-state index contributed by atoms with van der Waals surface area (Å²) in [7, 11) is -1.51. The van der Waals surface area contributed by atoms with E-state index in [1.165, 1.54) is 5.19 Å². The van der Waals surface area contributed by atoms with E-state index in [1.807, 2.05) is 110 Å². The van der Waals surface area contributed by atoms with E-state index in [0.29, 0.717) is 0 Å². The van der Waals surface area contributed by atoms with Crippen LogP contribution >= 0.6 is 0 Å². The Hall–Kier alpha value is -5.33. The van der Waals surface area contributed by atoms with Crippen LogP contribution in [0.2, 0.25) is 19.6 Å². The molecule has 253 valence electrons. The van der Waals surface area contributed by atoms with Crippen LogP contribution in [-0.4, -0.2) is 22.6 Å². The predicted octanol–water partition coefficient (Wildman–Crippen LogP) is 11.1. The minimum Gasteiger partial charge on any atom is -0.501 e. The number of pyridine rings is 1. The van der Waals surface area contributed by atoms with E-state index in [2.05, 4.69) is 77.7 Å². The van der Waals surface area contributed by atoms with Crippen molar-refractivity contribution in [2.24, 2.45) is 0 Å². The molecule has 5 nitrogen and oxygen atoms in total. The molecule has 0 saturated heterocycles. The molecular formula is C44H35IrN3O2Si-2. The molecule has 1 radical (unpaired) electrons. The van der Waals surface area contributed by atoms with Crippen LogP contribution in [-0.2, 0) is 20.1 Å². The van der Waals surface area contributed by atoms with Crippen LogP contribution in [0.15, 0.2) is 148 Å². The zero-order valence-electron chi connectivity index (χ0n) is 28.8. The predicted molar refractivity (Wildman–Crippen MR) is 207 cm³/mol. The summed E-state index contributed by atoms with van der Waals surface area (Å²) in [5.41, 5.74) is 8.74. The summed E-state index contributed by atoms with van der Waals surface area (Å²) in [6.45, 7) is 8.97. The van der Waals surface area contributed by atoms with Gasteiger partial charge in [0.15, 0.2) is 0 Å². The van der Waals surface area contributed by atoms with Crippen LogP contribution in [0.3, 0.4) is 0 Å². The van der Waals surface area contributed by atoms with Gasteiger partial charge in [-0.1, -0.05) is 85.2 Å². The fraction of sp³-hybridized carbons (Fsp3) is 0.0909. The number of aryl methyl sites for hydroxylation is 1. The Kier molecular flexibility index (Phi) is 9.45. The summed E-state index contributed by atoms with van der Waals surface area (Å²) in [6.07, 6.45) is 2.02. The molecule has 0 saturated carbocycles. The maximum atomic E-state index is 6.24. The quantitative estimate of drug-likeness (QED) is 0.128. The van der Waals surface area contributed by atoms with E-state index in [4.69, 9.17) is 13.8 Å². The molecule has 0 aliphatic carbocycles. The van der Waals surface area contributed by atoms with Gasteiger partial charge in [0.2, 0.25) is 0 Å². The van der Waals surface area contributed by atoms with E-state index in [1.54, 1.807) is 0 Å². The number of benzene rings is 5. The number of aromatic nitrogens is 3. The molecule has 0 bridgehead atoms. The average molecular weight is 858 g/mol. The Morgan fingerprint density at radius 3 is 2.24 bits per heavy atom. The monoisotopic (exact) mass is 858 g/mol. The number of rotatable bonds is 5. The first-order valence-corrected chi connectivity index (χ1v) is 20.2. The van der Waals surface area contributed by atoms with Gasteiger partial charge in [-0.2, -0.15) is 0 Å². The number of hydrogen-bond donors (Lipinski definition) is 0. The van der Waals surface area contributed by atoms with Crippen LogP contribution < -0.4 is 5.19 Å². The molecule has 9 aromatic rings. The van der Waals surface area contributed by atoms with Crippen molar-refractivity contribution in [3.8, 4) is 39.7 Å². The van der Waals surface area contributed by atoms with Gasteiger partial charge in [-0.15, -0.1) is 54.1 Å². The van der Waals surface area contributed by atoms with E-state index in [-0.39, 0.29) is 20.1 Å². The van der Waals surface area contributed by atoms with Gasteiger partial charge in [-0.05, 0) is 60.3 Å². The third-order valence-corrected chi connectivity index (χ3v) is 10.9. The van der Waals surface area contributed by atoms with Crippen LogP contribution in [0, 0.1) is 19.1 Å². The smallest absolute Gasteiger partial charge is 0.133 e. The van der Waals surface area contributed by atoms with Gasteiger partial charge in [0.25, 0.3) is 0 Å². The SMILES string of the molecule is Cc1ccc(-c2cc(-c3[c-]cccc3)ncc2[Si](C)(C)C)o1.[Ir].[c-]1ccc2c(oc3ccccc32)c1-c1nc2ccccc2n1-c1ccccc1. The van der Waals surface area contributed by atoms with Crippen LogP contribution in [0.25, 0.3) is 72.6 Å². The Balaban J connectivity index is 0.000000161. The molecule has 0 fully saturated rings. The van der Waals surface area contributed by atoms with Gasteiger partial charge in [0, 0.05) is 42.9 Å². The van der Waals surface area contributed by atoms with Crippen LogP contribution in [0.4, 0.5) is 0 Å². The van der Waals surface area contributed by atoms with Gasteiger partial charge in [-0.3, -0.25) is 4.98 Å². The number of nitrogens with zero attached hydrogens (tertiary/aromatic N) is 3. The van der Waals surface area contributed by atoms with Gasteiger partial charge in [-0.25, -0.2) is 0 Å². The Bertz CT molecular complexity index is 2600. The zero-order chi connectivity index (χ0) is 34.2. The number of furan rings is 2. The van der Waals surface area contributed by atoms with Crippen molar-refractivity contribution in [1.29, 1.82) is 0 Å². The van der Waals surface area contributed by atoms with Crippen LogP contribution in [0.5, 0.6) is 0 Å². The second-order valence-corrected chi connectivity index (χ2v) is 18.4. The average Bonchev–Trinajstić information content (AvgIpc) is 3.87. The van der Waals surface area contributed by atoms with Crippen molar-refractivity contribution in [2.75, 3.05) is 0 Å². The second kappa shape index (κ2) is 14.1. The summed E-state index contributed by atoms with van der Waals surface area (Å²) in [5.74, 6) is 2.69. The molecule has 4 aromatic heterocycles. The first-order valence-electron chi connectivity index (χ1n) is 16.7. The maximum Gasteiger partial charge on any atom is 0.133 e. The van der Waals surface area contributed by atoms with Crippen LogP contribution in [0.1, 0.15) is 5.76 Å². The van der Waals surface area contributed by atoms with Gasteiger partial charge < -0.3 is 18.4 Å². The molecule has 9 rings (SSSR count). The molecule has 0 N–H and O–H groups in total. The fourth-order valence-electron chi connectivity index (χ4n) is 6.42. The van der Waals surface area contributed by atoms with E-state index in [9.17, 15) is 0 Å². The molecule has 0 aliphatic rings. The van der Waals surface area contributed by atoms with Gasteiger partial charge in [0.1, 0.15) is 17.1 Å². The molecule has 51 heavy (non-hydrogen) atoms. The Morgan fingerprint density at radius 1 is 0.706 bits per heavy atom. The van der Waals surface area contributed by atoms with Crippen molar-refractivity contribution in [2.45, 2.75) is 26.6 Å². The fourth-order valence-corrected chi connectivity index (χ4v) is 7.88. The largest absolute Gasteiger partial charge is 0.501 e. The van der Waals surface area contributed by atoms with Crippen molar-refractivity contribution in [3.05, 3.63) is 158 Å². The Morgan fingerprint density at radius 2 is 1.47 bits per heavy atom. The van der Waals surface area contributed by atoms with Crippen molar-refractivity contribution < 1.29 is 28.9 Å². The Labute approximate surface area is 312 Å². The number of fused-ring (bicyclic) bond motifs is 4. The van der Waals surface area contributed by atoms with E-state index in [0.717, 1.165) is 78.4 Å². The summed E-state index contributed by atoms with van der Waals surface area (Å²) in [4.78, 5) is 9.62. The van der Waals surface area contributed by atoms with Gasteiger partial charge in [0.05, 0.1) is 30.5 Å². The standard InChI is InChI=1S/C25H15N2O.C19H20NOSi.Ir/c1-2-9-17(10-3-1)27-22-15-6-5-14-21(22)26-25(27)20-13-8-12-19-18-11-4-7-16-23(18)28-24(19)20;1-14-10-11-18(21-14)16-12-17(15-8-6-5-7-9-15)20-13-19(16)22(2,3)4;/h1-12,14-16H;5-8,10-13H,1-4H3;/q2*-1;.